The maximum Gasteiger partial charge on any atom is 0.233 e. The number of amides is 1. The van der Waals surface area contributed by atoms with Crippen molar-refractivity contribution in [2.45, 2.75) is 102 Å². The molecule has 2 unspecified atom stereocenters. The minimum Gasteiger partial charge on any atom is -0.352 e. The minimum absolute atomic E-state index is 0.0450. The first-order chi connectivity index (χ1) is 15.1. The van der Waals surface area contributed by atoms with E-state index in [9.17, 15) is 4.79 Å². The number of halogens is 2. The number of nitrogens with zero attached hydrogens (tertiary/aromatic N) is 2. The lowest BCUT2D eigenvalue weighted by atomic mass is 9.63. The smallest absolute Gasteiger partial charge is 0.233 e. The molecule has 1 aromatic heterocycles. The zero-order chi connectivity index (χ0) is 24.2. The van der Waals surface area contributed by atoms with Crippen LogP contribution in [-0.2, 0) is 15.6 Å². The summed E-state index contributed by atoms with van der Waals surface area (Å²) >= 11 is 12.6. The Kier molecular flexibility index (Phi) is 4.82. The first-order valence-corrected chi connectivity index (χ1v) is 12.7. The SMILES string of the molecule is CC1(C)CC(NC(=O)C23CCC(C)(c4nc5cc(Cl)c(Cl)cc5nc42)C3(C)C)CC(C)(C)N1. The standard InChI is InChI=1S/C26H34Cl2N4O/c1-22(2)12-14(13-23(3,4)32-22)29-21(33)26-9-8-25(7,24(26,5)6)19-20(26)31-18-11-16(28)15(27)10-17(18)30-19/h10-11,14,32H,8-9,12-13H2,1-7H3,(H,29,33). The second-order valence-electron chi connectivity index (χ2n) is 12.5. The lowest BCUT2D eigenvalue weighted by Crippen LogP contribution is -2.64. The Morgan fingerprint density at radius 3 is 1.97 bits per heavy atom. The van der Waals surface area contributed by atoms with E-state index in [0.29, 0.717) is 15.6 Å². The summed E-state index contributed by atoms with van der Waals surface area (Å²) in [4.78, 5) is 24.3. The normalized spacial score (nSPS) is 31.5. The predicted molar refractivity (Wildman–Crippen MR) is 134 cm³/mol. The Hall–Kier alpha value is -1.43. The van der Waals surface area contributed by atoms with Crippen LogP contribution in [0, 0.1) is 5.41 Å². The average Bonchev–Trinajstić information content (AvgIpc) is 2.94. The summed E-state index contributed by atoms with van der Waals surface area (Å²) < 4.78 is 0. The van der Waals surface area contributed by atoms with Crippen LogP contribution in [0.2, 0.25) is 10.0 Å². The molecule has 1 amide bonds. The van der Waals surface area contributed by atoms with E-state index < -0.39 is 5.41 Å². The van der Waals surface area contributed by atoms with Gasteiger partial charge in [0, 0.05) is 22.5 Å². The van der Waals surface area contributed by atoms with Crippen LogP contribution >= 0.6 is 23.2 Å². The number of hydrogen-bond acceptors (Lipinski definition) is 4. The highest BCUT2D eigenvalue weighted by molar-refractivity contribution is 6.42. The molecule has 5 nitrogen and oxygen atoms in total. The summed E-state index contributed by atoms with van der Waals surface area (Å²) in [6, 6.07) is 3.64. The average molecular weight is 489 g/mol. The van der Waals surface area contributed by atoms with Crippen LogP contribution in [0.1, 0.15) is 85.5 Å². The van der Waals surface area contributed by atoms with Crippen molar-refractivity contribution >= 4 is 40.1 Å². The molecular weight excluding hydrogens is 455 g/mol. The van der Waals surface area contributed by atoms with Crippen LogP contribution in [0.3, 0.4) is 0 Å². The molecule has 1 aliphatic heterocycles. The van der Waals surface area contributed by atoms with E-state index in [1.807, 2.05) is 0 Å². The molecule has 1 saturated heterocycles. The van der Waals surface area contributed by atoms with Crippen molar-refractivity contribution < 1.29 is 4.79 Å². The van der Waals surface area contributed by atoms with Crippen molar-refractivity contribution in [2.24, 2.45) is 5.41 Å². The van der Waals surface area contributed by atoms with E-state index >= 15 is 0 Å². The summed E-state index contributed by atoms with van der Waals surface area (Å²) in [6.45, 7) is 15.5. The number of carbonyl (C=O) groups excluding carboxylic acids is 1. The number of rotatable bonds is 2. The number of fused-ring (bicyclic) bond motifs is 6. The molecule has 33 heavy (non-hydrogen) atoms. The van der Waals surface area contributed by atoms with E-state index in [-0.39, 0.29) is 33.9 Å². The highest BCUT2D eigenvalue weighted by atomic mass is 35.5. The van der Waals surface area contributed by atoms with Gasteiger partial charge >= 0.3 is 0 Å². The second-order valence-corrected chi connectivity index (χ2v) is 13.3. The van der Waals surface area contributed by atoms with E-state index in [4.69, 9.17) is 33.2 Å². The van der Waals surface area contributed by atoms with Gasteiger partial charge in [-0.05, 0) is 70.9 Å². The number of benzene rings is 1. The number of piperidine rings is 1. The van der Waals surface area contributed by atoms with Crippen molar-refractivity contribution in [3.8, 4) is 0 Å². The molecule has 2 bridgehead atoms. The molecule has 2 aliphatic carbocycles. The van der Waals surface area contributed by atoms with Gasteiger partial charge in [0.05, 0.1) is 37.9 Å². The van der Waals surface area contributed by atoms with Gasteiger partial charge in [0.2, 0.25) is 5.91 Å². The molecule has 2 fully saturated rings. The summed E-state index contributed by atoms with van der Waals surface area (Å²) in [5.41, 5.74) is 1.80. The number of nitrogens with one attached hydrogen (secondary N) is 2. The number of aromatic nitrogens is 2. The fraction of sp³-hybridized carbons (Fsp3) is 0.654. The number of hydrogen-bond donors (Lipinski definition) is 2. The highest BCUT2D eigenvalue weighted by Gasteiger charge is 2.73. The molecule has 0 spiro atoms. The molecule has 1 saturated carbocycles. The van der Waals surface area contributed by atoms with Crippen LogP contribution in [-0.4, -0.2) is 33.0 Å². The molecule has 2 N–H and O–H groups in total. The van der Waals surface area contributed by atoms with Crippen molar-refractivity contribution in [2.75, 3.05) is 0 Å². The topological polar surface area (TPSA) is 66.9 Å². The minimum atomic E-state index is -0.719. The lowest BCUT2D eigenvalue weighted by molar-refractivity contribution is -0.131. The summed E-state index contributed by atoms with van der Waals surface area (Å²) in [5, 5.41) is 8.10. The zero-order valence-electron chi connectivity index (χ0n) is 20.6. The van der Waals surface area contributed by atoms with Gasteiger partial charge in [-0.3, -0.25) is 4.79 Å². The fourth-order valence-corrected chi connectivity index (χ4v) is 7.65. The molecule has 2 atom stereocenters. The van der Waals surface area contributed by atoms with Gasteiger partial charge in [-0.1, -0.05) is 44.0 Å². The maximum absolute atomic E-state index is 14.2. The summed E-state index contributed by atoms with van der Waals surface area (Å²) in [7, 11) is 0. The third kappa shape index (κ3) is 3.11. The molecule has 0 radical (unpaired) electrons. The third-order valence-electron chi connectivity index (χ3n) is 8.99. The molecule has 7 heteroatoms. The molecule has 3 aliphatic rings. The largest absolute Gasteiger partial charge is 0.352 e. The van der Waals surface area contributed by atoms with Crippen LogP contribution in [0.15, 0.2) is 12.1 Å². The summed E-state index contributed by atoms with van der Waals surface area (Å²) in [6.07, 6.45) is 3.46. The molecular formula is C26H34Cl2N4O. The first kappa shape index (κ1) is 23.3. The van der Waals surface area contributed by atoms with Gasteiger partial charge in [-0.2, -0.15) is 0 Å². The van der Waals surface area contributed by atoms with Crippen LogP contribution in [0.25, 0.3) is 11.0 Å². The molecule has 178 valence electrons. The van der Waals surface area contributed by atoms with E-state index in [1.54, 1.807) is 12.1 Å². The second kappa shape index (κ2) is 6.83. The summed E-state index contributed by atoms with van der Waals surface area (Å²) in [5.74, 6) is 0.0854. The molecule has 1 aromatic carbocycles. The molecule has 2 heterocycles. The molecule has 5 rings (SSSR count). The van der Waals surface area contributed by atoms with Crippen molar-refractivity contribution in [3.05, 3.63) is 33.6 Å². The van der Waals surface area contributed by atoms with Crippen molar-refractivity contribution in [3.63, 3.8) is 0 Å². The highest BCUT2D eigenvalue weighted by Crippen LogP contribution is 2.70. The Bertz CT molecular complexity index is 1170. The zero-order valence-corrected chi connectivity index (χ0v) is 22.1. The molecule has 2 aromatic rings. The monoisotopic (exact) mass is 488 g/mol. The van der Waals surface area contributed by atoms with Crippen LogP contribution < -0.4 is 10.6 Å². The van der Waals surface area contributed by atoms with Crippen LogP contribution in [0.4, 0.5) is 0 Å². The van der Waals surface area contributed by atoms with Gasteiger partial charge in [-0.15, -0.1) is 0 Å². The Morgan fingerprint density at radius 1 is 0.909 bits per heavy atom. The van der Waals surface area contributed by atoms with Gasteiger partial charge < -0.3 is 10.6 Å². The first-order valence-electron chi connectivity index (χ1n) is 11.9. The van der Waals surface area contributed by atoms with Crippen LogP contribution in [0.5, 0.6) is 0 Å². The quantitative estimate of drug-likeness (QED) is 0.569. The van der Waals surface area contributed by atoms with Gasteiger partial charge in [0.15, 0.2) is 0 Å². The maximum atomic E-state index is 14.2. The van der Waals surface area contributed by atoms with E-state index in [1.165, 1.54) is 0 Å². The Balaban J connectivity index is 1.61. The van der Waals surface area contributed by atoms with Gasteiger partial charge in [-0.25, -0.2) is 9.97 Å². The predicted octanol–water partition coefficient (Wildman–Crippen LogP) is 5.69. The Labute approximate surface area is 206 Å². The van der Waals surface area contributed by atoms with Crippen molar-refractivity contribution in [1.29, 1.82) is 0 Å². The lowest BCUT2D eigenvalue weighted by Gasteiger charge is -2.48. The van der Waals surface area contributed by atoms with Gasteiger partial charge in [0.1, 0.15) is 0 Å². The van der Waals surface area contributed by atoms with Gasteiger partial charge in [0.25, 0.3) is 0 Å². The Morgan fingerprint density at radius 2 is 1.42 bits per heavy atom. The van der Waals surface area contributed by atoms with E-state index in [2.05, 4.69) is 59.1 Å². The van der Waals surface area contributed by atoms with E-state index in [0.717, 1.165) is 42.6 Å². The van der Waals surface area contributed by atoms with Crippen molar-refractivity contribution in [1.82, 2.24) is 20.6 Å². The third-order valence-corrected chi connectivity index (χ3v) is 9.71. The number of carbonyl (C=O) groups is 1. The fourth-order valence-electron chi connectivity index (χ4n) is 7.33.